The summed E-state index contributed by atoms with van der Waals surface area (Å²) in [6.45, 7) is 5.54. The molecule has 0 saturated carbocycles. The van der Waals surface area contributed by atoms with Gasteiger partial charge in [-0.3, -0.25) is 0 Å². The minimum atomic E-state index is -0.416. The Hall–Kier alpha value is 0.440. The molecule has 5 heteroatoms. The fourth-order valence-corrected chi connectivity index (χ4v) is 1.18. The second-order valence-electron chi connectivity index (χ2n) is 3.26. The normalized spacial score (nSPS) is 15.5. The van der Waals surface area contributed by atoms with Gasteiger partial charge in [0.1, 0.15) is 10.6 Å². The van der Waals surface area contributed by atoms with E-state index >= 15 is 0 Å². The number of allylic oxidation sites excluding steroid dienone is 2. The Morgan fingerprint density at radius 2 is 1.62 bits per heavy atom. The van der Waals surface area contributed by atoms with Gasteiger partial charge in [-0.05, 0) is 32.4 Å². The SMILES string of the molecule is CC(C)(C)O/C(Cl)=C(Cl)\C(Cl)=C\Cl. The molecule has 0 spiro atoms. The molecule has 0 aliphatic carbocycles. The van der Waals surface area contributed by atoms with E-state index in [-0.39, 0.29) is 15.3 Å². The molecule has 0 rings (SSSR count). The van der Waals surface area contributed by atoms with Crippen molar-refractivity contribution < 1.29 is 4.74 Å². The molecule has 0 atom stereocenters. The van der Waals surface area contributed by atoms with Crippen LogP contribution in [0.25, 0.3) is 0 Å². The van der Waals surface area contributed by atoms with Crippen LogP contribution in [0.15, 0.2) is 20.8 Å². The molecule has 0 aromatic carbocycles. The van der Waals surface area contributed by atoms with E-state index in [4.69, 9.17) is 51.1 Å². The van der Waals surface area contributed by atoms with E-state index in [1.807, 2.05) is 20.8 Å². The summed E-state index contributed by atoms with van der Waals surface area (Å²) in [7, 11) is 0. The maximum Gasteiger partial charge on any atom is 0.208 e. The maximum absolute atomic E-state index is 5.73. The molecular formula is C8H10Cl4O. The van der Waals surface area contributed by atoms with Gasteiger partial charge in [0.2, 0.25) is 5.22 Å². The van der Waals surface area contributed by atoms with Crippen LogP contribution in [0.5, 0.6) is 0 Å². The van der Waals surface area contributed by atoms with Gasteiger partial charge < -0.3 is 4.74 Å². The van der Waals surface area contributed by atoms with Crippen LogP contribution in [-0.2, 0) is 4.74 Å². The highest BCUT2D eigenvalue weighted by atomic mass is 35.5. The predicted molar refractivity (Wildman–Crippen MR) is 59.4 cm³/mol. The second-order valence-corrected chi connectivity index (χ2v) is 4.61. The first-order valence-electron chi connectivity index (χ1n) is 3.48. The molecule has 1 nitrogen and oxygen atoms in total. The molecule has 0 aliphatic heterocycles. The molecule has 0 heterocycles. The Kier molecular flexibility index (Phi) is 5.53. The molecule has 0 N–H and O–H groups in total. The van der Waals surface area contributed by atoms with E-state index < -0.39 is 5.60 Å². The van der Waals surface area contributed by atoms with Crippen LogP contribution in [0, 0.1) is 0 Å². The van der Waals surface area contributed by atoms with Crippen LogP contribution in [0.1, 0.15) is 20.8 Å². The summed E-state index contributed by atoms with van der Waals surface area (Å²) in [5, 5.41) is 0.293. The zero-order chi connectivity index (χ0) is 10.6. The fourth-order valence-electron chi connectivity index (χ4n) is 0.455. The molecular weight excluding hydrogens is 254 g/mol. The van der Waals surface area contributed by atoms with Crippen molar-refractivity contribution in [3.05, 3.63) is 20.8 Å². The van der Waals surface area contributed by atoms with Crippen molar-refractivity contribution in [3.63, 3.8) is 0 Å². The average Bonchev–Trinajstić information content (AvgIpc) is 1.98. The standard InChI is InChI=1S/C8H10Cl4O/c1-8(2,3)13-7(12)6(11)5(10)4-9/h4H,1-3H3/b5-4-,7-6+. The molecule has 0 aromatic rings. The first kappa shape index (κ1) is 13.4. The Labute approximate surface area is 98.2 Å². The molecule has 0 amide bonds. The maximum atomic E-state index is 5.73. The van der Waals surface area contributed by atoms with Gasteiger partial charge in [0.05, 0.1) is 5.03 Å². The lowest BCUT2D eigenvalue weighted by molar-refractivity contribution is 0.0671. The van der Waals surface area contributed by atoms with Crippen molar-refractivity contribution in [2.24, 2.45) is 0 Å². The van der Waals surface area contributed by atoms with Crippen molar-refractivity contribution in [1.29, 1.82) is 0 Å². The molecule has 0 aliphatic rings. The van der Waals surface area contributed by atoms with Gasteiger partial charge in [-0.1, -0.05) is 34.8 Å². The number of hydrogen-bond donors (Lipinski definition) is 0. The Morgan fingerprint density at radius 1 is 1.15 bits per heavy atom. The van der Waals surface area contributed by atoms with Crippen LogP contribution in [0.3, 0.4) is 0 Å². The number of rotatable bonds is 2. The smallest absolute Gasteiger partial charge is 0.208 e. The molecule has 0 radical (unpaired) electrons. The zero-order valence-corrected chi connectivity index (χ0v) is 10.5. The van der Waals surface area contributed by atoms with Gasteiger partial charge in [-0.25, -0.2) is 0 Å². The first-order valence-corrected chi connectivity index (χ1v) is 5.05. The lowest BCUT2D eigenvalue weighted by Crippen LogP contribution is -2.17. The van der Waals surface area contributed by atoms with Crippen LogP contribution in [0.2, 0.25) is 0 Å². The quantitative estimate of drug-likeness (QED) is 0.515. The third kappa shape index (κ3) is 5.69. The fraction of sp³-hybridized carbons (Fsp3) is 0.500. The highest BCUT2D eigenvalue weighted by molar-refractivity contribution is 6.49. The largest absolute Gasteiger partial charge is 0.476 e. The Bertz CT molecular complexity index is 237. The van der Waals surface area contributed by atoms with Crippen molar-refractivity contribution in [3.8, 4) is 0 Å². The van der Waals surface area contributed by atoms with Gasteiger partial charge in [0.15, 0.2) is 0 Å². The first-order chi connectivity index (χ1) is 5.78. The van der Waals surface area contributed by atoms with E-state index in [1.165, 1.54) is 0 Å². The lowest BCUT2D eigenvalue weighted by Gasteiger charge is -2.20. The molecule has 0 bridgehead atoms. The Balaban J connectivity index is 4.65. The summed E-state index contributed by atoms with van der Waals surface area (Å²) in [6, 6.07) is 0. The topological polar surface area (TPSA) is 9.23 Å². The monoisotopic (exact) mass is 262 g/mol. The van der Waals surface area contributed by atoms with Crippen LogP contribution in [0.4, 0.5) is 0 Å². The number of halogens is 4. The van der Waals surface area contributed by atoms with Gasteiger partial charge in [0.25, 0.3) is 0 Å². The number of ether oxygens (including phenoxy) is 1. The lowest BCUT2D eigenvalue weighted by atomic mass is 10.2. The van der Waals surface area contributed by atoms with Crippen molar-refractivity contribution in [2.45, 2.75) is 26.4 Å². The van der Waals surface area contributed by atoms with E-state index in [0.717, 1.165) is 5.54 Å². The highest BCUT2D eigenvalue weighted by Crippen LogP contribution is 2.29. The predicted octanol–water partition coefficient (Wildman–Crippen LogP) is 4.77. The summed E-state index contributed by atoms with van der Waals surface area (Å²) in [5.74, 6) is 0. The molecule has 76 valence electrons. The average molecular weight is 264 g/mol. The van der Waals surface area contributed by atoms with E-state index in [1.54, 1.807) is 0 Å². The van der Waals surface area contributed by atoms with Crippen molar-refractivity contribution in [2.75, 3.05) is 0 Å². The molecule has 0 saturated heterocycles. The van der Waals surface area contributed by atoms with Crippen LogP contribution < -0.4 is 0 Å². The number of hydrogen-bond acceptors (Lipinski definition) is 1. The molecule has 0 aromatic heterocycles. The third-order valence-corrected chi connectivity index (χ3v) is 2.34. The van der Waals surface area contributed by atoms with E-state index in [2.05, 4.69) is 0 Å². The van der Waals surface area contributed by atoms with Crippen LogP contribution >= 0.6 is 46.4 Å². The second kappa shape index (κ2) is 5.35. The summed E-state index contributed by atoms with van der Waals surface area (Å²) in [5.41, 5.74) is 0.707. The summed E-state index contributed by atoms with van der Waals surface area (Å²) < 4.78 is 5.25. The van der Waals surface area contributed by atoms with E-state index in [9.17, 15) is 0 Å². The molecule has 13 heavy (non-hydrogen) atoms. The Morgan fingerprint density at radius 3 is 1.92 bits per heavy atom. The summed E-state index contributed by atoms with van der Waals surface area (Å²) >= 11 is 22.4. The van der Waals surface area contributed by atoms with Gasteiger partial charge in [0, 0.05) is 5.54 Å². The minimum Gasteiger partial charge on any atom is -0.476 e. The minimum absolute atomic E-state index is 0.0380. The summed E-state index contributed by atoms with van der Waals surface area (Å²) in [4.78, 5) is 0. The highest BCUT2D eigenvalue weighted by Gasteiger charge is 2.16. The van der Waals surface area contributed by atoms with Gasteiger partial charge >= 0.3 is 0 Å². The summed E-state index contributed by atoms with van der Waals surface area (Å²) in [6.07, 6.45) is 0. The van der Waals surface area contributed by atoms with Gasteiger partial charge in [-0.2, -0.15) is 0 Å². The third-order valence-electron chi connectivity index (χ3n) is 0.874. The zero-order valence-electron chi connectivity index (χ0n) is 7.50. The van der Waals surface area contributed by atoms with Crippen molar-refractivity contribution >= 4 is 46.4 Å². The van der Waals surface area contributed by atoms with E-state index in [0.29, 0.717) is 0 Å². The van der Waals surface area contributed by atoms with Crippen molar-refractivity contribution in [1.82, 2.24) is 0 Å². The molecule has 0 fully saturated rings. The van der Waals surface area contributed by atoms with Gasteiger partial charge in [-0.15, -0.1) is 0 Å². The molecule has 0 unspecified atom stereocenters. The van der Waals surface area contributed by atoms with Crippen LogP contribution in [-0.4, -0.2) is 5.60 Å².